The summed E-state index contributed by atoms with van der Waals surface area (Å²) in [6.45, 7) is 7.87. The van der Waals surface area contributed by atoms with Gasteiger partial charge in [-0.3, -0.25) is 4.98 Å². The smallest absolute Gasteiger partial charge is 0.0562 e. The van der Waals surface area contributed by atoms with E-state index in [4.69, 9.17) is 0 Å². The van der Waals surface area contributed by atoms with Crippen molar-refractivity contribution in [2.45, 2.75) is 33.2 Å². The molecule has 3 heteroatoms. The quantitative estimate of drug-likeness (QED) is 0.869. The van der Waals surface area contributed by atoms with E-state index in [0.717, 1.165) is 18.8 Å². The fourth-order valence-electron chi connectivity index (χ4n) is 2.58. The van der Waals surface area contributed by atoms with Gasteiger partial charge in [0.2, 0.25) is 0 Å². The summed E-state index contributed by atoms with van der Waals surface area (Å²) in [7, 11) is 1.96. The molecule has 2 heterocycles. The van der Waals surface area contributed by atoms with Crippen molar-refractivity contribution in [1.29, 1.82) is 0 Å². The van der Waals surface area contributed by atoms with Gasteiger partial charge in [0.05, 0.1) is 5.69 Å². The molecular formula is C14H23N3. The number of hydrogen-bond acceptors (Lipinski definition) is 3. The molecule has 0 aliphatic carbocycles. The minimum absolute atomic E-state index is 0.435. The van der Waals surface area contributed by atoms with Crippen LogP contribution in [0.5, 0.6) is 0 Å². The third-order valence-corrected chi connectivity index (χ3v) is 3.42. The average Bonchev–Trinajstić information content (AvgIpc) is 2.28. The van der Waals surface area contributed by atoms with Gasteiger partial charge in [0, 0.05) is 31.5 Å². The van der Waals surface area contributed by atoms with E-state index in [-0.39, 0.29) is 0 Å². The van der Waals surface area contributed by atoms with Crippen LogP contribution in [0.1, 0.15) is 32.4 Å². The van der Waals surface area contributed by atoms with Crippen LogP contribution in [0, 0.1) is 5.41 Å². The van der Waals surface area contributed by atoms with E-state index in [2.05, 4.69) is 41.2 Å². The molecule has 1 aromatic rings. The van der Waals surface area contributed by atoms with Crippen LogP contribution in [-0.4, -0.2) is 25.1 Å². The topological polar surface area (TPSA) is 28.2 Å². The number of anilines is 1. The molecule has 0 radical (unpaired) electrons. The van der Waals surface area contributed by atoms with Gasteiger partial charge in [0.25, 0.3) is 0 Å². The standard InChI is InChI=1S/C14H23N3/c1-14(2)6-4-8-17(11-14)13-5-7-16-12(9-13)10-15-3/h5,7,9,15H,4,6,8,10-11H2,1-3H3. The SMILES string of the molecule is CNCc1cc(N2CCCC(C)(C)C2)ccn1. The summed E-state index contributed by atoms with van der Waals surface area (Å²) in [4.78, 5) is 6.86. The highest BCUT2D eigenvalue weighted by Crippen LogP contribution is 2.31. The van der Waals surface area contributed by atoms with E-state index in [1.165, 1.54) is 25.1 Å². The van der Waals surface area contributed by atoms with E-state index in [1.807, 2.05) is 13.2 Å². The Kier molecular flexibility index (Phi) is 3.67. The zero-order chi connectivity index (χ0) is 12.3. The fraction of sp³-hybridized carbons (Fsp3) is 0.643. The highest BCUT2D eigenvalue weighted by Gasteiger charge is 2.26. The predicted octanol–water partition coefficient (Wildman–Crippen LogP) is 2.43. The highest BCUT2D eigenvalue weighted by molar-refractivity contribution is 5.47. The van der Waals surface area contributed by atoms with Gasteiger partial charge in [-0.05, 0) is 37.4 Å². The van der Waals surface area contributed by atoms with Crippen molar-refractivity contribution in [2.75, 3.05) is 25.0 Å². The van der Waals surface area contributed by atoms with Gasteiger partial charge in [0.15, 0.2) is 0 Å². The summed E-state index contributed by atoms with van der Waals surface area (Å²) >= 11 is 0. The summed E-state index contributed by atoms with van der Waals surface area (Å²) < 4.78 is 0. The van der Waals surface area contributed by atoms with Gasteiger partial charge in [-0.2, -0.15) is 0 Å². The maximum absolute atomic E-state index is 4.37. The Bertz CT molecular complexity index is 373. The molecule has 94 valence electrons. The second-order valence-corrected chi connectivity index (χ2v) is 5.73. The lowest BCUT2D eigenvalue weighted by Gasteiger charge is -2.39. The van der Waals surface area contributed by atoms with Crippen molar-refractivity contribution in [3.8, 4) is 0 Å². The number of nitrogens with zero attached hydrogens (tertiary/aromatic N) is 2. The first-order chi connectivity index (χ1) is 8.11. The number of piperidine rings is 1. The lowest BCUT2D eigenvalue weighted by atomic mass is 9.84. The third-order valence-electron chi connectivity index (χ3n) is 3.42. The predicted molar refractivity (Wildman–Crippen MR) is 72.2 cm³/mol. The van der Waals surface area contributed by atoms with E-state index in [1.54, 1.807) is 0 Å². The van der Waals surface area contributed by atoms with E-state index in [0.29, 0.717) is 5.41 Å². The molecule has 1 aliphatic heterocycles. The first kappa shape index (κ1) is 12.4. The molecule has 0 unspecified atom stereocenters. The van der Waals surface area contributed by atoms with Gasteiger partial charge in [-0.25, -0.2) is 0 Å². The van der Waals surface area contributed by atoms with Crippen molar-refractivity contribution in [3.05, 3.63) is 24.0 Å². The fourth-order valence-corrected chi connectivity index (χ4v) is 2.58. The van der Waals surface area contributed by atoms with Crippen LogP contribution in [0.3, 0.4) is 0 Å². The summed E-state index contributed by atoms with van der Waals surface area (Å²) in [5.41, 5.74) is 2.87. The van der Waals surface area contributed by atoms with Crippen molar-refractivity contribution in [3.63, 3.8) is 0 Å². The summed E-state index contributed by atoms with van der Waals surface area (Å²) in [6, 6.07) is 4.33. The molecule has 1 saturated heterocycles. The Labute approximate surface area is 104 Å². The molecule has 0 atom stereocenters. The molecule has 1 aliphatic rings. The van der Waals surface area contributed by atoms with E-state index < -0.39 is 0 Å². The van der Waals surface area contributed by atoms with Crippen molar-refractivity contribution in [1.82, 2.24) is 10.3 Å². The van der Waals surface area contributed by atoms with Crippen LogP contribution in [0.15, 0.2) is 18.3 Å². The minimum atomic E-state index is 0.435. The van der Waals surface area contributed by atoms with Crippen LogP contribution in [0.25, 0.3) is 0 Å². The maximum Gasteiger partial charge on any atom is 0.0562 e. The Morgan fingerprint density at radius 1 is 1.47 bits per heavy atom. The largest absolute Gasteiger partial charge is 0.371 e. The monoisotopic (exact) mass is 233 g/mol. The number of pyridine rings is 1. The minimum Gasteiger partial charge on any atom is -0.371 e. The van der Waals surface area contributed by atoms with Crippen LogP contribution in [0.2, 0.25) is 0 Å². The lowest BCUT2D eigenvalue weighted by molar-refractivity contribution is 0.293. The first-order valence-electron chi connectivity index (χ1n) is 6.45. The van der Waals surface area contributed by atoms with Gasteiger partial charge in [-0.1, -0.05) is 13.8 Å². The molecule has 17 heavy (non-hydrogen) atoms. The Morgan fingerprint density at radius 3 is 3.00 bits per heavy atom. The summed E-state index contributed by atoms with van der Waals surface area (Å²) in [6.07, 6.45) is 4.54. The molecule has 1 aromatic heterocycles. The molecule has 1 fully saturated rings. The first-order valence-corrected chi connectivity index (χ1v) is 6.45. The van der Waals surface area contributed by atoms with Gasteiger partial charge in [0.1, 0.15) is 0 Å². The molecule has 0 amide bonds. The normalized spacial score (nSPS) is 19.4. The zero-order valence-electron chi connectivity index (χ0n) is 11.2. The molecule has 2 rings (SSSR count). The van der Waals surface area contributed by atoms with Crippen molar-refractivity contribution < 1.29 is 0 Å². The lowest BCUT2D eigenvalue weighted by Crippen LogP contribution is -2.40. The summed E-state index contributed by atoms with van der Waals surface area (Å²) in [5.74, 6) is 0. The molecule has 1 N–H and O–H groups in total. The number of hydrogen-bond donors (Lipinski definition) is 1. The second-order valence-electron chi connectivity index (χ2n) is 5.73. The molecular weight excluding hydrogens is 210 g/mol. The van der Waals surface area contributed by atoms with Gasteiger partial charge >= 0.3 is 0 Å². The Morgan fingerprint density at radius 2 is 2.29 bits per heavy atom. The molecule has 0 spiro atoms. The molecule has 0 bridgehead atoms. The number of nitrogens with one attached hydrogen (secondary N) is 1. The molecule has 3 nitrogen and oxygen atoms in total. The summed E-state index contributed by atoms with van der Waals surface area (Å²) in [5, 5.41) is 3.15. The Balaban J connectivity index is 2.13. The highest BCUT2D eigenvalue weighted by atomic mass is 15.1. The van der Waals surface area contributed by atoms with E-state index >= 15 is 0 Å². The zero-order valence-corrected chi connectivity index (χ0v) is 11.2. The van der Waals surface area contributed by atoms with Gasteiger partial charge < -0.3 is 10.2 Å². The average molecular weight is 233 g/mol. The molecule has 0 saturated carbocycles. The molecule has 0 aromatic carbocycles. The van der Waals surface area contributed by atoms with E-state index in [9.17, 15) is 0 Å². The second kappa shape index (κ2) is 5.05. The maximum atomic E-state index is 4.37. The van der Waals surface area contributed by atoms with Crippen LogP contribution in [-0.2, 0) is 6.54 Å². The number of rotatable bonds is 3. The van der Waals surface area contributed by atoms with Crippen molar-refractivity contribution >= 4 is 5.69 Å². The van der Waals surface area contributed by atoms with Gasteiger partial charge in [-0.15, -0.1) is 0 Å². The van der Waals surface area contributed by atoms with Crippen molar-refractivity contribution in [2.24, 2.45) is 5.41 Å². The number of aromatic nitrogens is 1. The van der Waals surface area contributed by atoms with Crippen LogP contribution in [0.4, 0.5) is 5.69 Å². The van der Waals surface area contributed by atoms with Crippen LogP contribution >= 0.6 is 0 Å². The third kappa shape index (κ3) is 3.19. The Hall–Kier alpha value is -1.09. The van der Waals surface area contributed by atoms with Crippen LogP contribution < -0.4 is 10.2 Å².